The number of nitrogens with zero attached hydrogens (tertiary/aromatic N) is 2. The van der Waals surface area contributed by atoms with E-state index in [0.717, 1.165) is 37.2 Å². The number of rotatable bonds is 3. The van der Waals surface area contributed by atoms with Crippen molar-refractivity contribution in [2.75, 3.05) is 18.0 Å². The summed E-state index contributed by atoms with van der Waals surface area (Å²) in [5, 5.41) is 0. The number of aromatic nitrogens is 1. The molecule has 1 saturated heterocycles. The Bertz CT molecular complexity index is 389. The molecule has 0 bridgehead atoms. The van der Waals surface area contributed by atoms with Crippen molar-refractivity contribution in [1.82, 2.24) is 4.98 Å². The lowest BCUT2D eigenvalue weighted by Gasteiger charge is -2.37. The van der Waals surface area contributed by atoms with Crippen molar-refractivity contribution in [2.24, 2.45) is 17.6 Å². The second kappa shape index (κ2) is 5.70. The highest BCUT2D eigenvalue weighted by Gasteiger charge is 2.24. The largest absolute Gasteiger partial charge is 0.356 e. The summed E-state index contributed by atoms with van der Waals surface area (Å²) in [4.78, 5) is 7.02. The normalized spacial score (nSPS) is 26.1. The lowest BCUT2D eigenvalue weighted by molar-refractivity contribution is 0.322. The molecule has 0 aromatic carbocycles. The first kappa shape index (κ1) is 13.3. The Balaban J connectivity index is 2.17. The van der Waals surface area contributed by atoms with Crippen LogP contribution in [-0.4, -0.2) is 24.1 Å². The maximum atomic E-state index is 5.93. The van der Waals surface area contributed by atoms with Gasteiger partial charge >= 0.3 is 0 Å². The molecule has 100 valence electrons. The Kier molecular flexibility index (Phi) is 4.23. The molecule has 0 spiro atoms. The van der Waals surface area contributed by atoms with Gasteiger partial charge in [0, 0.05) is 25.3 Å². The van der Waals surface area contributed by atoms with Gasteiger partial charge in [0.05, 0.1) is 0 Å². The average molecular weight is 247 g/mol. The molecule has 3 atom stereocenters. The van der Waals surface area contributed by atoms with Crippen molar-refractivity contribution in [3.8, 4) is 0 Å². The van der Waals surface area contributed by atoms with Gasteiger partial charge in [-0.3, -0.25) is 0 Å². The standard InChI is InChI=1S/C15H25N3/c1-11-6-8-18(10-12(11)2)15-14(9-13(3)16)5-4-7-17-15/h4-5,7,11-13H,6,8-10,16H2,1-3H3. The molecule has 0 amide bonds. The van der Waals surface area contributed by atoms with E-state index in [9.17, 15) is 0 Å². The van der Waals surface area contributed by atoms with E-state index in [0.29, 0.717) is 0 Å². The van der Waals surface area contributed by atoms with Crippen molar-refractivity contribution >= 4 is 5.82 Å². The van der Waals surface area contributed by atoms with Crippen LogP contribution in [0.2, 0.25) is 0 Å². The summed E-state index contributed by atoms with van der Waals surface area (Å²) < 4.78 is 0. The molecule has 1 aliphatic heterocycles. The van der Waals surface area contributed by atoms with Crippen molar-refractivity contribution in [1.29, 1.82) is 0 Å². The van der Waals surface area contributed by atoms with Crippen molar-refractivity contribution in [3.63, 3.8) is 0 Å². The minimum absolute atomic E-state index is 0.189. The Morgan fingerprint density at radius 3 is 2.89 bits per heavy atom. The van der Waals surface area contributed by atoms with E-state index in [1.807, 2.05) is 12.3 Å². The Morgan fingerprint density at radius 2 is 2.22 bits per heavy atom. The van der Waals surface area contributed by atoms with Crippen LogP contribution in [0, 0.1) is 11.8 Å². The van der Waals surface area contributed by atoms with E-state index in [-0.39, 0.29) is 6.04 Å². The molecule has 2 heterocycles. The number of hydrogen-bond acceptors (Lipinski definition) is 3. The second-order valence-electron chi connectivity index (χ2n) is 5.86. The topological polar surface area (TPSA) is 42.1 Å². The van der Waals surface area contributed by atoms with E-state index in [1.165, 1.54) is 12.0 Å². The van der Waals surface area contributed by atoms with Crippen molar-refractivity contribution < 1.29 is 0 Å². The van der Waals surface area contributed by atoms with Gasteiger partial charge in [0.1, 0.15) is 5.82 Å². The van der Waals surface area contributed by atoms with Gasteiger partial charge in [-0.2, -0.15) is 0 Å². The van der Waals surface area contributed by atoms with Crippen molar-refractivity contribution in [3.05, 3.63) is 23.9 Å². The first-order chi connectivity index (χ1) is 8.58. The molecule has 1 aliphatic rings. The minimum Gasteiger partial charge on any atom is -0.356 e. The molecule has 0 saturated carbocycles. The number of piperidine rings is 1. The zero-order valence-electron chi connectivity index (χ0n) is 11.8. The maximum Gasteiger partial charge on any atom is 0.131 e. The van der Waals surface area contributed by atoms with E-state index in [1.54, 1.807) is 0 Å². The summed E-state index contributed by atoms with van der Waals surface area (Å²) in [5.41, 5.74) is 7.21. The van der Waals surface area contributed by atoms with Gasteiger partial charge in [-0.25, -0.2) is 4.98 Å². The SMILES string of the molecule is CC(N)Cc1cccnc1N1CCC(C)C(C)C1. The van der Waals surface area contributed by atoms with Crippen LogP contribution >= 0.6 is 0 Å². The second-order valence-corrected chi connectivity index (χ2v) is 5.86. The van der Waals surface area contributed by atoms with E-state index < -0.39 is 0 Å². The smallest absolute Gasteiger partial charge is 0.131 e. The van der Waals surface area contributed by atoms with Gasteiger partial charge < -0.3 is 10.6 Å². The fourth-order valence-corrected chi connectivity index (χ4v) is 2.68. The average Bonchev–Trinajstić information content (AvgIpc) is 2.33. The summed E-state index contributed by atoms with van der Waals surface area (Å²) in [7, 11) is 0. The predicted molar refractivity (Wildman–Crippen MR) is 76.7 cm³/mol. The van der Waals surface area contributed by atoms with Crippen LogP contribution in [0.1, 0.15) is 32.8 Å². The van der Waals surface area contributed by atoms with Gasteiger partial charge in [-0.15, -0.1) is 0 Å². The molecule has 1 aromatic heterocycles. The molecule has 1 fully saturated rings. The van der Waals surface area contributed by atoms with Crippen LogP contribution in [0.25, 0.3) is 0 Å². The minimum atomic E-state index is 0.189. The van der Waals surface area contributed by atoms with Gasteiger partial charge in [0.15, 0.2) is 0 Å². The van der Waals surface area contributed by atoms with Crippen LogP contribution in [0.3, 0.4) is 0 Å². The van der Waals surface area contributed by atoms with E-state index >= 15 is 0 Å². The molecule has 1 aromatic rings. The molecule has 3 unspecified atom stereocenters. The molecule has 2 rings (SSSR count). The summed E-state index contributed by atoms with van der Waals surface area (Å²) in [6.45, 7) is 8.98. The van der Waals surface area contributed by atoms with E-state index in [2.05, 4.69) is 36.7 Å². The molecular formula is C15H25N3. The fourth-order valence-electron chi connectivity index (χ4n) is 2.68. The van der Waals surface area contributed by atoms with E-state index in [4.69, 9.17) is 5.73 Å². The van der Waals surface area contributed by atoms with Gasteiger partial charge in [-0.1, -0.05) is 19.9 Å². The Hall–Kier alpha value is -1.09. The van der Waals surface area contributed by atoms with Crippen LogP contribution in [-0.2, 0) is 6.42 Å². The maximum absolute atomic E-state index is 5.93. The molecule has 0 radical (unpaired) electrons. The summed E-state index contributed by atoms with van der Waals surface area (Å²) in [6.07, 6.45) is 4.06. The molecule has 3 heteroatoms. The highest BCUT2D eigenvalue weighted by atomic mass is 15.2. The third kappa shape index (κ3) is 3.02. The zero-order chi connectivity index (χ0) is 13.1. The van der Waals surface area contributed by atoms with Crippen molar-refractivity contribution in [2.45, 2.75) is 39.7 Å². The lowest BCUT2D eigenvalue weighted by atomic mass is 9.88. The predicted octanol–water partition coefficient (Wildman–Crippen LogP) is 2.45. The zero-order valence-corrected chi connectivity index (χ0v) is 11.8. The third-order valence-corrected chi connectivity index (χ3v) is 4.04. The van der Waals surface area contributed by atoms with Crippen LogP contribution in [0.4, 0.5) is 5.82 Å². The number of pyridine rings is 1. The molecular weight excluding hydrogens is 222 g/mol. The number of hydrogen-bond donors (Lipinski definition) is 1. The number of anilines is 1. The first-order valence-electron chi connectivity index (χ1n) is 7.02. The quantitative estimate of drug-likeness (QED) is 0.892. The highest BCUT2D eigenvalue weighted by molar-refractivity contribution is 5.47. The van der Waals surface area contributed by atoms with Crippen LogP contribution in [0.15, 0.2) is 18.3 Å². The molecule has 18 heavy (non-hydrogen) atoms. The molecule has 3 nitrogen and oxygen atoms in total. The third-order valence-electron chi connectivity index (χ3n) is 4.04. The molecule has 2 N–H and O–H groups in total. The van der Waals surface area contributed by atoms with Crippen LogP contribution in [0.5, 0.6) is 0 Å². The van der Waals surface area contributed by atoms with Crippen LogP contribution < -0.4 is 10.6 Å². The number of nitrogens with two attached hydrogens (primary N) is 1. The summed E-state index contributed by atoms with van der Waals surface area (Å²) >= 11 is 0. The first-order valence-corrected chi connectivity index (χ1v) is 7.02. The Labute approximate surface area is 110 Å². The monoisotopic (exact) mass is 247 g/mol. The Morgan fingerprint density at radius 1 is 1.44 bits per heavy atom. The van der Waals surface area contributed by atoms with Gasteiger partial charge in [0.25, 0.3) is 0 Å². The van der Waals surface area contributed by atoms with Gasteiger partial charge in [0.2, 0.25) is 0 Å². The summed E-state index contributed by atoms with van der Waals surface area (Å²) in [6, 6.07) is 4.36. The highest BCUT2D eigenvalue weighted by Crippen LogP contribution is 2.28. The van der Waals surface area contributed by atoms with Gasteiger partial charge in [-0.05, 0) is 43.2 Å². The summed E-state index contributed by atoms with van der Waals surface area (Å²) in [5.74, 6) is 2.71. The molecule has 0 aliphatic carbocycles. The lowest BCUT2D eigenvalue weighted by Crippen LogP contribution is -2.39. The fraction of sp³-hybridized carbons (Fsp3) is 0.667.